The summed E-state index contributed by atoms with van der Waals surface area (Å²) in [5, 5.41) is 9.71. The van der Waals surface area contributed by atoms with Gasteiger partial charge in [0.25, 0.3) is 0 Å². The fourth-order valence-corrected chi connectivity index (χ4v) is 2.41. The molecule has 3 heteroatoms. The minimum absolute atomic E-state index is 0.419. The first kappa shape index (κ1) is 15.1. The smallest absolute Gasteiger partial charge is 0.314 e. The van der Waals surface area contributed by atoms with Gasteiger partial charge in [-0.05, 0) is 43.5 Å². The zero-order valence-corrected chi connectivity index (χ0v) is 12.6. The molecule has 2 rings (SSSR count). The van der Waals surface area contributed by atoms with Crippen molar-refractivity contribution < 1.29 is 14.6 Å². The van der Waals surface area contributed by atoms with Gasteiger partial charge in [-0.25, -0.2) is 0 Å². The van der Waals surface area contributed by atoms with Gasteiger partial charge in [0, 0.05) is 0 Å². The Morgan fingerprint density at radius 2 is 1.86 bits per heavy atom. The number of aryl methyl sites for hydroxylation is 1. The summed E-state index contributed by atoms with van der Waals surface area (Å²) in [6.45, 7) is 3.75. The predicted octanol–water partition coefficient (Wildman–Crippen LogP) is 3.59. The molecule has 0 saturated carbocycles. The summed E-state index contributed by atoms with van der Waals surface area (Å²) >= 11 is 0. The predicted molar refractivity (Wildman–Crippen MR) is 82.9 cm³/mol. The molecule has 0 aliphatic carbocycles. The molecular weight excluding hydrogens is 264 g/mol. The van der Waals surface area contributed by atoms with E-state index < -0.39 is 11.4 Å². The molecule has 0 fully saturated rings. The van der Waals surface area contributed by atoms with Crippen molar-refractivity contribution in [2.75, 3.05) is 7.11 Å². The van der Waals surface area contributed by atoms with Gasteiger partial charge in [0.2, 0.25) is 0 Å². The summed E-state index contributed by atoms with van der Waals surface area (Å²) in [7, 11) is 1.61. The van der Waals surface area contributed by atoms with Gasteiger partial charge < -0.3 is 9.84 Å². The Bertz CT molecular complexity index is 631. The van der Waals surface area contributed by atoms with Crippen LogP contribution in [0.2, 0.25) is 0 Å². The molecule has 2 aromatic rings. The maximum absolute atomic E-state index is 11.8. The SMILES string of the molecule is COc1cccc(CC(C)(C(=O)O)c2ccc(C)cc2)c1. The largest absolute Gasteiger partial charge is 0.497 e. The van der Waals surface area contributed by atoms with E-state index in [0.29, 0.717) is 6.42 Å². The number of carboxylic acid groups (broad SMARTS) is 1. The minimum atomic E-state index is -0.958. The normalized spacial score (nSPS) is 13.5. The summed E-state index contributed by atoms with van der Waals surface area (Å²) in [4.78, 5) is 11.8. The molecule has 3 nitrogen and oxygen atoms in total. The van der Waals surface area contributed by atoms with Gasteiger partial charge in [-0.15, -0.1) is 0 Å². The first-order valence-electron chi connectivity index (χ1n) is 6.89. The lowest BCUT2D eigenvalue weighted by molar-refractivity contribution is -0.143. The lowest BCUT2D eigenvalue weighted by Crippen LogP contribution is -2.34. The van der Waals surface area contributed by atoms with Crippen LogP contribution in [0.25, 0.3) is 0 Å². The van der Waals surface area contributed by atoms with Crippen molar-refractivity contribution >= 4 is 5.97 Å². The van der Waals surface area contributed by atoms with E-state index in [1.54, 1.807) is 14.0 Å². The maximum atomic E-state index is 11.8. The number of benzene rings is 2. The van der Waals surface area contributed by atoms with Crippen molar-refractivity contribution in [1.29, 1.82) is 0 Å². The molecule has 0 spiro atoms. The van der Waals surface area contributed by atoms with Gasteiger partial charge in [-0.2, -0.15) is 0 Å². The topological polar surface area (TPSA) is 46.5 Å². The third kappa shape index (κ3) is 3.24. The molecule has 0 bridgehead atoms. The van der Waals surface area contributed by atoms with Crippen LogP contribution in [0.1, 0.15) is 23.6 Å². The maximum Gasteiger partial charge on any atom is 0.314 e. The number of aliphatic carboxylic acids is 1. The minimum Gasteiger partial charge on any atom is -0.497 e. The van der Waals surface area contributed by atoms with Crippen LogP contribution in [-0.2, 0) is 16.6 Å². The molecule has 1 atom stereocenters. The molecule has 1 N–H and O–H groups in total. The van der Waals surface area contributed by atoms with E-state index in [4.69, 9.17) is 4.74 Å². The molecule has 110 valence electrons. The number of hydrogen-bond acceptors (Lipinski definition) is 2. The van der Waals surface area contributed by atoms with E-state index in [2.05, 4.69) is 0 Å². The standard InChI is InChI=1S/C18H20O3/c1-13-7-9-15(10-8-13)18(2,17(19)20)12-14-5-4-6-16(11-14)21-3/h4-11H,12H2,1-3H3,(H,19,20). The third-order valence-corrected chi connectivity index (χ3v) is 3.85. The Morgan fingerprint density at radius 3 is 2.43 bits per heavy atom. The Hall–Kier alpha value is -2.29. The zero-order chi connectivity index (χ0) is 15.5. The summed E-state index contributed by atoms with van der Waals surface area (Å²) in [5.74, 6) is -0.0849. The second-order valence-electron chi connectivity index (χ2n) is 5.53. The van der Waals surface area contributed by atoms with Crippen LogP contribution in [0.5, 0.6) is 5.75 Å². The van der Waals surface area contributed by atoms with Gasteiger partial charge in [-0.1, -0.05) is 42.0 Å². The van der Waals surface area contributed by atoms with E-state index >= 15 is 0 Å². The quantitative estimate of drug-likeness (QED) is 0.912. The van der Waals surface area contributed by atoms with Gasteiger partial charge in [0.05, 0.1) is 12.5 Å². The highest BCUT2D eigenvalue weighted by atomic mass is 16.5. The van der Waals surface area contributed by atoms with Crippen molar-refractivity contribution in [3.8, 4) is 5.75 Å². The summed E-state index contributed by atoms with van der Waals surface area (Å²) in [6, 6.07) is 15.2. The van der Waals surface area contributed by atoms with Crippen molar-refractivity contribution in [2.45, 2.75) is 25.7 Å². The van der Waals surface area contributed by atoms with Gasteiger partial charge in [0.1, 0.15) is 5.75 Å². The molecule has 0 heterocycles. The molecule has 0 amide bonds. The monoisotopic (exact) mass is 284 g/mol. The van der Waals surface area contributed by atoms with Crippen molar-refractivity contribution in [3.63, 3.8) is 0 Å². The van der Waals surface area contributed by atoms with E-state index in [1.807, 2.05) is 55.5 Å². The van der Waals surface area contributed by atoms with Crippen LogP contribution in [0.3, 0.4) is 0 Å². The van der Waals surface area contributed by atoms with Crippen LogP contribution in [-0.4, -0.2) is 18.2 Å². The average molecular weight is 284 g/mol. The fraction of sp³-hybridized carbons (Fsp3) is 0.278. The first-order chi connectivity index (χ1) is 9.95. The van der Waals surface area contributed by atoms with E-state index in [9.17, 15) is 9.90 Å². The summed E-state index contributed by atoms with van der Waals surface area (Å²) in [6.07, 6.45) is 0.419. The Balaban J connectivity index is 2.38. The van der Waals surface area contributed by atoms with E-state index in [1.165, 1.54) is 0 Å². The highest BCUT2D eigenvalue weighted by molar-refractivity contribution is 5.81. The molecular formula is C18H20O3. The molecule has 21 heavy (non-hydrogen) atoms. The highest BCUT2D eigenvalue weighted by Gasteiger charge is 2.35. The Morgan fingerprint density at radius 1 is 1.19 bits per heavy atom. The number of carbonyl (C=O) groups is 1. The number of rotatable bonds is 5. The number of ether oxygens (including phenoxy) is 1. The van der Waals surface area contributed by atoms with Crippen LogP contribution >= 0.6 is 0 Å². The van der Waals surface area contributed by atoms with Crippen LogP contribution in [0.15, 0.2) is 48.5 Å². The van der Waals surface area contributed by atoms with Gasteiger partial charge in [0.15, 0.2) is 0 Å². The summed E-state index contributed by atoms with van der Waals surface area (Å²) in [5.41, 5.74) is 1.91. The number of hydrogen-bond donors (Lipinski definition) is 1. The Labute approximate surface area is 125 Å². The third-order valence-electron chi connectivity index (χ3n) is 3.85. The lowest BCUT2D eigenvalue weighted by atomic mass is 9.77. The van der Waals surface area contributed by atoms with Crippen LogP contribution in [0.4, 0.5) is 0 Å². The van der Waals surface area contributed by atoms with Crippen LogP contribution < -0.4 is 4.74 Å². The van der Waals surface area contributed by atoms with E-state index in [0.717, 1.165) is 22.4 Å². The number of carboxylic acids is 1. The molecule has 1 unspecified atom stereocenters. The first-order valence-corrected chi connectivity index (χ1v) is 6.89. The average Bonchev–Trinajstić information content (AvgIpc) is 2.47. The molecule has 0 aromatic heterocycles. The fourth-order valence-electron chi connectivity index (χ4n) is 2.41. The van der Waals surface area contributed by atoms with Gasteiger partial charge >= 0.3 is 5.97 Å². The second-order valence-corrected chi connectivity index (χ2v) is 5.53. The van der Waals surface area contributed by atoms with E-state index in [-0.39, 0.29) is 0 Å². The van der Waals surface area contributed by atoms with Crippen molar-refractivity contribution in [1.82, 2.24) is 0 Å². The van der Waals surface area contributed by atoms with Crippen molar-refractivity contribution in [3.05, 3.63) is 65.2 Å². The molecule has 0 saturated heterocycles. The Kier molecular flexibility index (Phi) is 4.32. The zero-order valence-electron chi connectivity index (χ0n) is 12.6. The molecule has 0 aliphatic rings. The lowest BCUT2D eigenvalue weighted by Gasteiger charge is -2.26. The number of methoxy groups -OCH3 is 1. The van der Waals surface area contributed by atoms with Crippen molar-refractivity contribution in [2.24, 2.45) is 0 Å². The molecule has 0 radical (unpaired) electrons. The highest BCUT2D eigenvalue weighted by Crippen LogP contribution is 2.30. The van der Waals surface area contributed by atoms with Crippen LogP contribution in [0, 0.1) is 6.92 Å². The summed E-state index contributed by atoms with van der Waals surface area (Å²) < 4.78 is 5.20. The molecule has 2 aromatic carbocycles. The van der Waals surface area contributed by atoms with Gasteiger partial charge in [-0.3, -0.25) is 4.79 Å². The molecule has 0 aliphatic heterocycles. The second kappa shape index (κ2) is 6.00.